The van der Waals surface area contributed by atoms with Crippen LogP contribution >= 0.6 is 0 Å². The third-order valence-corrected chi connectivity index (χ3v) is 2.66. The molecule has 0 bridgehead atoms. The molecule has 3 heteroatoms. The highest BCUT2D eigenvalue weighted by atomic mass is 19.1. The van der Waals surface area contributed by atoms with Crippen molar-refractivity contribution in [3.8, 4) is 5.75 Å². The van der Waals surface area contributed by atoms with Gasteiger partial charge in [-0.25, -0.2) is 4.39 Å². The van der Waals surface area contributed by atoms with Gasteiger partial charge < -0.3 is 10.1 Å². The number of methoxy groups -OCH3 is 1. The molecule has 1 N–H and O–H groups in total. The standard InChI is InChI=1S/C11H14FNO/c1-7(12)9-6-8-4-3-5-10(14-2)11(8)13-9/h3-5,7,9,13H,6H2,1-2H3. The van der Waals surface area contributed by atoms with Gasteiger partial charge in [0.15, 0.2) is 0 Å². The molecule has 0 radical (unpaired) electrons. The molecular formula is C11H14FNO. The minimum Gasteiger partial charge on any atom is -0.495 e. The SMILES string of the molecule is COc1cccc2c1NC(C(C)F)C2. The van der Waals surface area contributed by atoms with Crippen molar-refractivity contribution >= 4 is 5.69 Å². The quantitative estimate of drug-likeness (QED) is 0.782. The van der Waals surface area contributed by atoms with Crippen LogP contribution in [0.3, 0.4) is 0 Å². The summed E-state index contributed by atoms with van der Waals surface area (Å²) < 4.78 is 18.3. The number of anilines is 1. The molecule has 0 saturated carbocycles. The zero-order chi connectivity index (χ0) is 10.1. The van der Waals surface area contributed by atoms with Crippen LogP contribution in [0.4, 0.5) is 10.1 Å². The van der Waals surface area contributed by atoms with E-state index >= 15 is 0 Å². The number of halogens is 1. The average Bonchev–Trinajstić information content (AvgIpc) is 2.60. The van der Waals surface area contributed by atoms with Crippen LogP contribution in [0.15, 0.2) is 18.2 Å². The summed E-state index contributed by atoms with van der Waals surface area (Å²) in [5.74, 6) is 0.797. The van der Waals surface area contributed by atoms with Crippen molar-refractivity contribution in [3.63, 3.8) is 0 Å². The summed E-state index contributed by atoms with van der Waals surface area (Å²) in [4.78, 5) is 0. The van der Waals surface area contributed by atoms with Crippen molar-refractivity contribution in [3.05, 3.63) is 23.8 Å². The van der Waals surface area contributed by atoms with E-state index in [1.807, 2.05) is 18.2 Å². The Morgan fingerprint density at radius 1 is 1.57 bits per heavy atom. The first kappa shape index (κ1) is 9.31. The van der Waals surface area contributed by atoms with Gasteiger partial charge in [-0.1, -0.05) is 12.1 Å². The minimum atomic E-state index is -0.841. The summed E-state index contributed by atoms with van der Waals surface area (Å²) in [7, 11) is 1.63. The fourth-order valence-electron chi connectivity index (χ4n) is 1.83. The van der Waals surface area contributed by atoms with Crippen molar-refractivity contribution in [1.82, 2.24) is 0 Å². The van der Waals surface area contributed by atoms with Gasteiger partial charge in [0.25, 0.3) is 0 Å². The molecule has 1 aromatic carbocycles. The van der Waals surface area contributed by atoms with Crippen LogP contribution in [-0.2, 0) is 6.42 Å². The van der Waals surface area contributed by atoms with Gasteiger partial charge in [0.2, 0.25) is 0 Å². The molecule has 1 aromatic rings. The van der Waals surface area contributed by atoms with Gasteiger partial charge >= 0.3 is 0 Å². The highest BCUT2D eigenvalue weighted by molar-refractivity contribution is 5.66. The molecule has 0 spiro atoms. The Morgan fingerprint density at radius 2 is 2.36 bits per heavy atom. The maximum absolute atomic E-state index is 13.1. The summed E-state index contributed by atoms with van der Waals surface area (Å²) in [6.45, 7) is 1.58. The van der Waals surface area contributed by atoms with Crippen LogP contribution in [0.5, 0.6) is 5.75 Å². The van der Waals surface area contributed by atoms with Crippen LogP contribution in [-0.4, -0.2) is 19.3 Å². The molecular weight excluding hydrogens is 181 g/mol. The second kappa shape index (κ2) is 3.48. The number of rotatable bonds is 2. The molecule has 1 aliphatic rings. The topological polar surface area (TPSA) is 21.3 Å². The number of para-hydroxylation sites is 1. The Morgan fingerprint density at radius 3 is 3.00 bits per heavy atom. The van der Waals surface area contributed by atoms with E-state index in [9.17, 15) is 4.39 Å². The molecule has 2 rings (SSSR count). The van der Waals surface area contributed by atoms with Crippen LogP contribution in [0.2, 0.25) is 0 Å². The zero-order valence-electron chi connectivity index (χ0n) is 8.38. The summed E-state index contributed by atoms with van der Waals surface area (Å²) in [5, 5.41) is 3.15. The third kappa shape index (κ3) is 1.43. The number of hydrogen-bond donors (Lipinski definition) is 1. The Bertz CT molecular complexity index is 338. The van der Waals surface area contributed by atoms with Gasteiger partial charge in [-0.05, 0) is 25.0 Å². The van der Waals surface area contributed by atoms with Gasteiger partial charge in [0.05, 0.1) is 18.8 Å². The second-order valence-corrected chi connectivity index (χ2v) is 3.63. The second-order valence-electron chi connectivity index (χ2n) is 3.63. The number of hydrogen-bond acceptors (Lipinski definition) is 2. The lowest BCUT2D eigenvalue weighted by Crippen LogP contribution is -2.25. The van der Waals surface area contributed by atoms with Crippen molar-refractivity contribution in [2.24, 2.45) is 0 Å². The van der Waals surface area contributed by atoms with E-state index in [4.69, 9.17) is 4.74 Å². The van der Waals surface area contributed by atoms with Gasteiger partial charge in [-0.3, -0.25) is 0 Å². The van der Waals surface area contributed by atoms with Crippen molar-refractivity contribution in [2.45, 2.75) is 25.6 Å². The van der Waals surface area contributed by atoms with Gasteiger partial charge in [-0.2, -0.15) is 0 Å². The van der Waals surface area contributed by atoms with Crippen molar-refractivity contribution in [1.29, 1.82) is 0 Å². The van der Waals surface area contributed by atoms with E-state index in [2.05, 4.69) is 5.32 Å². The van der Waals surface area contributed by atoms with Crippen molar-refractivity contribution < 1.29 is 9.13 Å². The molecule has 0 fully saturated rings. The molecule has 2 nitrogen and oxygen atoms in total. The maximum atomic E-state index is 13.1. The maximum Gasteiger partial charge on any atom is 0.142 e. The van der Waals surface area contributed by atoms with Crippen LogP contribution in [0.25, 0.3) is 0 Å². The Balaban J connectivity index is 2.30. The molecule has 76 valence electrons. The van der Waals surface area contributed by atoms with Crippen LogP contribution < -0.4 is 10.1 Å². The van der Waals surface area contributed by atoms with E-state index in [0.29, 0.717) is 0 Å². The highest BCUT2D eigenvalue weighted by Crippen LogP contribution is 2.35. The largest absolute Gasteiger partial charge is 0.495 e. The zero-order valence-corrected chi connectivity index (χ0v) is 8.38. The monoisotopic (exact) mass is 195 g/mol. The molecule has 1 aliphatic heterocycles. The first-order valence-corrected chi connectivity index (χ1v) is 4.79. The fraction of sp³-hybridized carbons (Fsp3) is 0.455. The number of nitrogens with one attached hydrogen (secondary N) is 1. The third-order valence-electron chi connectivity index (χ3n) is 2.66. The molecule has 1 heterocycles. The first-order valence-electron chi connectivity index (χ1n) is 4.79. The molecule has 0 aliphatic carbocycles. The summed E-state index contributed by atoms with van der Waals surface area (Å²) in [5.41, 5.74) is 2.09. The predicted octanol–water partition coefficient (Wildman–Crippen LogP) is 2.39. The van der Waals surface area contributed by atoms with Gasteiger partial charge in [-0.15, -0.1) is 0 Å². The van der Waals surface area contributed by atoms with E-state index in [1.165, 1.54) is 0 Å². The van der Waals surface area contributed by atoms with Gasteiger partial charge in [0.1, 0.15) is 11.9 Å². The Kier molecular flexibility index (Phi) is 2.32. The number of alkyl halides is 1. The fourth-order valence-corrected chi connectivity index (χ4v) is 1.83. The lowest BCUT2D eigenvalue weighted by Gasteiger charge is -2.12. The van der Waals surface area contributed by atoms with E-state index in [1.54, 1.807) is 14.0 Å². The molecule has 0 saturated heterocycles. The molecule has 14 heavy (non-hydrogen) atoms. The van der Waals surface area contributed by atoms with E-state index in [-0.39, 0.29) is 6.04 Å². The number of fused-ring (bicyclic) bond motifs is 1. The minimum absolute atomic E-state index is 0.110. The highest BCUT2D eigenvalue weighted by Gasteiger charge is 2.27. The lowest BCUT2D eigenvalue weighted by molar-refractivity contribution is 0.322. The Hall–Kier alpha value is -1.25. The summed E-state index contributed by atoms with van der Waals surface area (Å²) >= 11 is 0. The van der Waals surface area contributed by atoms with E-state index < -0.39 is 6.17 Å². The van der Waals surface area contributed by atoms with Crippen LogP contribution in [0, 0.1) is 0 Å². The molecule has 2 unspecified atom stereocenters. The molecule has 0 amide bonds. The predicted molar refractivity (Wildman–Crippen MR) is 54.7 cm³/mol. The van der Waals surface area contributed by atoms with Crippen molar-refractivity contribution in [2.75, 3.05) is 12.4 Å². The van der Waals surface area contributed by atoms with Gasteiger partial charge in [0, 0.05) is 0 Å². The lowest BCUT2D eigenvalue weighted by atomic mass is 10.1. The smallest absolute Gasteiger partial charge is 0.142 e. The Labute approximate surface area is 83.1 Å². The first-order chi connectivity index (χ1) is 6.72. The summed E-state index contributed by atoms with van der Waals surface area (Å²) in [6.07, 6.45) is -0.100. The number of ether oxygens (including phenoxy) is 1. The van der Waals surface area contributed by atoms with E-state index in [0.717, 1.165) is 23.4 Å². The molecule has 2 atom stereocenters. The molecule has 0 aromatic heterocycles. The average molecular weight is 195 g/mol. The normalized spacial score (nSPS) is 21.2. The van der Waals surface area contributed by atoms with Crippen LogP contribution in [0.1, 0.15) is 12.5 Å². The number of benzene rings is 1. The summed E-state index contributed by atoms with van der Waals surface area (Å²) in [6, 6.07) is 5.72.